The molecule has 7 heteroatoms. The minimum absolute atomic E-state index is 0.318. The van der Waals surface area contributed by atoms with Crippen LogP contribution in [-0.4, -0.2) is 46.0 Å². The number of hydrogen-bond donors (Lipinski definition) is 2. The number of fused-ring (bicyclic) bond motifs is 1. The van der Waals surface area contributed by atoms with Gasteiger partial charge in [0, 0.05) is 24.9 Å². The minimum Gasteiger partial charge on any atom is -0.379 e. The monoisotopic (exact) mass is 298 g/mol. The number of anilines is 2. The van der Waals surface area contributed by atoms with Crippen LogP contribution in [0.2, 0.25) is 0 Å². The summed E-state index contributed by atoms with van der Waals surface area (Å²) >= 11 is 0. The van der Waals surface area contributed by atoms with Crippen molar-refractivity contribution in [3.63, 3.8) is 0 Å². The maximum absolute atomic E-state index is 5.86. The summed E-state index contributed by atoms with van der Waals surface area (Å²) in [6.07, 6.45) is 4.89. The molecule has 22 heavy (non-hydrogen) atoms. The number of aryl methyl sites for hydroxylation is 1. The maximum Gasteiger partial charge on any atom is 0.222 e. The van der Waals surface area contributed by atoms with Gasteiger partial charge >= 0.3 is 0 Å². The van der Waals surface area contributed by atoms with Crippen LogP contribution < -0.4 is 10.6 Å². The van der Waals surface area contributed by atoms with Gasteiger partial charge in [0.2, 0.25) is 5.95 Å². The molecule has 1 fully saturated rings. The van der Waals surface area contributed by atoms with Gasteiger partial charge in [0.05, 0.1) is 24.0 Å². The van der Waals surface area contributed by atoms with Crippen LogP contribution in [-0.2, 0) is 4.74 Å². The van der Waals surface area contributed by atoms with E-state index < -0.39 is 0 Å². The summed E-state index contributed by atoms with van der Waals surface area (Å²) in [7, 11) is 0. The highest BCUT2D eigenvalue weighted by Gasteiger charge is 2.31. The Morgan fingerprint density at radius 1 is 1.41 bits per heavy atom. The van der Waals surface area contributed by atoms with E-state index in [-0.39, 0.29) is 0 Å². The molecule has 2 aliphatic rings. The normalized spacial score (nSPS) is 20.9. The van der Waals surface area contributed by atoms with Crippen molar-refractivity contribution in [3.8, 4) is 0 Å². The quantitative estimate of drug-likeness (QED) is 0.866. The summed E-state index contributed by atoms with van der Waals surface area (Å²) in [4.78, 5) is 11.1. The van der Waals surface area contributed by atoms with Gasteiger partial charge in [0.1, 0.15) is 5.82 Å². The Labute approximate surface area is 128 Å². The fourth-order valence-corrected chi connectivity index (χ4v) is 3.12. The van der Waals surface area contributed by atoms with E-state index in [1.54, 1.807) is 6.20 Å². The van der Waals surface area contributed by atoms with E-state index in [0.29, 0.717) is 12.0 Å². The molecule has 0 aliphatic carbocycles. The van der Waals surface area contributed by atoms with E-state index >= 15 is 0 Å². The average Bonchev–Trinajstić information content (AvgIpc) is 3.20. The first-order valence-corrected chi connectivity index (χ1v) is 7.41. The number of ether oxygens (including phenoxy) is 1. The third-order valence-corrected chi connectivity index (χ3v) is 4.26. The molecule has 1 atom stereocenters. The van der Waals surface area contributed by atoms with Crippen LogP contribution in [0.1, 0.15) is 23.4 Å². The van der Waals surface area contributed by atoms with Gasteiger partial charge in [-0.2, -0.15) is 10.1 Å². The largest absolute Gasteiger partial charge is 0.379 e. The van der Waals surface area contributed by atoms with Crippen LogP contribution >= 0.6 is 0 Å². The predicted octanol–water partition coefficient (Wildman–Crippen LogP) is 1.24. The molecule has 1 saturated heterocycles. The van der Waals surface area contributed by atoms with Crippen LogP contribution in [0.25, 0.3) is 11.6 Å². The molecule has 0 unspecified atom stereocenters. The zero-order chi connectivity index (χ0) is 15.1. The molecule has 0 bridgehead atoms. The Hall–Kier alpha value is -2.41. The number of nitrogens with zero attached hydrogens (tertiary/aromatic N) is 4. The van der Waals surface area contributed by atoms with E-state index in [1.807, 2.05) is 13.0 Å². The van der Waals surface area contributed by atoms with Crippen molar-refractivity contribution in [2.45, 2.75) is 19.4 Å². The second kappa shape index (κ2) is 5.10. The lowest BCUT2D eigenvalue weighted by Gasteiger charge is -2.34. The fraction of sp³-hybridized carbons (Fsp3) is 0.400. The van der Waals surface area contributed by atoms with Crippen molar-refractivity contribution in [3.05, 3.63) is 29.2 Å². The van der Waals surface area contributed by atoms with Crippen LogP contribution in [0.15, 0.2) is 12.3 Å². The van der Waals surface area contributed by atoms with Gasteiger partial charge in [0.25, 0.3) is 0 Å². The van der Waals surface area contributed by atoms with Gasteiger partial charge in [-0.3, -0.25) is 5.10 Å². The Kier molecular flexibility index (Phi) is 3.07. The van der Waals surface area contributed by atoms with Gasteiger partial charge in [-0.05, 0) is 31.1 Å². The van der Waals surface area contributed by atoms with Crippen molar-refractivity contribution in [1.29, 1.82) is 0 Å². The Morgan fingerprint density at radius 3 is 3.05 bits per heavy atom. The molecule has 0 amide bonds. The topological polar surface area (TPSA) is 92.9 Å². The molecule has 7 nitrogen and oxygen atoms in total. The summed E-state index contributed by atoms with van der Waals surface area (Å²) in [6.45, 7) is 4.24. The van der Waals surface area contributed by atoms with Gasteiger partial charge in [-0.15, -0.1) is 0 Å². The lowest BCUT2D eigenvalue weighted by Crippen LogP contribution is -2.40. The molecule has 0 spiro atoms. The Morgan fingerprint density at radius 2 is 2.32 bits per heavy atom. The number of nitrogens with two attached hydrogens (primary N) is 1. The van der Waals surface area contributed by atoms with E-state index in [0.717, 1.165) is 48.9 Å². The molecule has 2 aromatic heterocycles. The predicted molar refractivity (Wildman–Crippen MR) is 84.2 cm³/mol. The van der Waals surface area contributed by atoms with Gasteiger partial charge in [-0.25, -0.2) is 4.98 Å². The molecule has 4 heterocycles. The summed E-state index contributed by atoms with van der Waals surface area (Å²) in [5.74, 6) is 1.22. The summed E-state index contributed by atoms with van der Waals surface area (Å²) in [5, 5.41) is 7.09. The zero-order valence-corrected chi connectivity index (χ0v) is 12.4. The smallest absolute Gasteiger partial charge is 0.222 e. The first-order chi connectivity index (χ1) is 10.7. The third kappa shape index (κ3) is 2.14. The summed E-state index contributed by atoms with van der Waals surface area (Å²) in [5.41, 5.74) is 9.97. The highest BCUT2D eigenvalue weighted by atomic mass is 16.5. The molecule has 0 saturated carbocycles. The van der Waals surface area contributed by atoms with Crippen molar-refractivity contribution >= 4 is 23.4 Å². The molecule has 114 valence electrons. The summed E-state index contributed by atoms with van der Waals surface area (Å²) in [6, 6.07) is 2.30. The minimum atomic E-state index is 0.318. The summed E-state index contributed by atoms with van der Waals surface area (Å²) < 4.78 is 5.56. The Balaban J connectivity index is 1.84. The standard InChI is InChI=1S/C15H18N6O/c1-9-12-6-10(13-2-4-17-20-13)7-21(11-3-5-22-8-11)14(12)19-15(16)18-9/h2,4,6,11H,3,5,7-8H2,1H3,(H,17,20)(H2,16,18,19)/t11-/m0/s1. The van der Waals surface area contributed by atoms with Crippen LogP contribution in [0.5, 0.6) is 0 Å². The zero-order valence-electron chi connectivity index (χ0n) is 12.4. The Bertz CT molecular complexity index is 718. The number of H-pyrrole nitrogens is 1. The molecule has 2 aliphatic heterocycles. The lowest BCUT2D eigenvalue weighted by atomic mass is 10.0. The SMILES string of the molecule is Cc1nc(N)nc2c1C=C(c1ccn[nH]1)CN2[C@H]1CCOC1. The molecule has 0 radical (unpaired) electrons. The average molecular weight is 298 g/mol. The van der Waals surface area contributed by atoms with Gasteiger partial charge in [-0.1, -0.05) is 0 Å². The van der Waals surface area contributed by atoms with Crippen molar-refractivity contribution in [1.82, 2.24) is 20.2 Å². The molecular weight excluding hydrogens is 280 g/mol. The second-order valence-electron chi connectivity index (χ2n) is 5.69. The number of nitrogen functional groups attached to an aromatic ring is 1. The number of rotatable bonds is 2. The van der Waals surface area contributed by atoms with Crippen molar-refractivity contribution in [2.24, 2.45) is 0 Å². The van der Waals surface area contributed by atoms with Crippen LogP contribution in [0.3, 0.4) is 0 Å². The maximum atomic E-state index is 5.86. The fourth-order valence-electron chi connectivity index (χ4n) is 3.12. The van der Waals surface area contributed by atoms with Gasteiger partial charge < -0.3 is 15.4 Å². The number of aromatic nitrogens is 4. The van der Waals surface area contributed by atoms with Gasteiger partial charge in [0.15, 0.2) is 0 Å². The lowest BCUT2D eigenvalue weighted by molar-refractivity contribution is 0.193. The highest BCUT2D eigenvalue weighted by molar-refractivity contribution is 5.90. The number of hydrogen-bond acceptors (Lipinski definition) is 6. The molecule has 3 N–H and O–H groups in total. The van der Waals surface area contributed by atoms with Crippen LogP contribution in [0.4, 0.5) is 11.8 Å². The molecule has 0 aromatic carbocycles. The second-order valence-corrected chi connectivity index (χ2v) is 5.69. The first kappa shape index (κ1) is 13.3. The van der Waals surface area contributed by atoms with E-state index in [1.165, 1.54) is 5.57 Å². The number of nitrogens with one attached hydrogen (secondary N) is 1. The van der Waals surface area contributed by atoms with E-state index in [4.69, 9.17) is 10.5 Å². The molecular formula is C15H18N6O. The van der Waals surface area contributed by atoms with Crippen LogP contribution in [0, 0.1) is 6.92 Å². The van der Waals surface area contributed by atoms with E-state index in [2.05, 4.69) is 31.1 Å². The molecule has 2 aromatic rings. The third-order valence-electron chi connectivity index (χ3n) is 4.26. The number of aromatic amines is 1. The highest BCUT2D eigenvalue weighted by Crippen LogP contribution is 2.35. The molecule has 4 rings (SSSR count). The van der Waals surface area contributed by atoms with E-state index in [9.17, 15) is 0 Å². The van der Waals surface area contributed by atoms with Crippen molar-refractivity contribution < 1.29 is 4.74 Å². The first-order valence-electron chi connectivity index (χ1n) is 7.41. The van der Waals surface area contributed by atoms with Crippen molar-refractivity contribution in [2.75, 3.05) is 30.4 Å².